The predicted molar refractivity (Wildman–Crippen MR) is 129 cm³/mol. The lowest BCUT2D eigenvalue weighted by Crippen LogP contribution is -2.20. The quantitative estimate of drug-likeness (QED) is 0.389. The molecule has 2 heterocycles. The van der Waals surface area contributed by atoms with Gasteiger partial charge in [-0.1, -0.05) is 67.2 Å². The molecule has 8 nitrogen and oxygen atoms in total. The second-order valence-corrected chi connectivity index (χ2v) is 8.49. The highest BCUT2D eigenvalue weighted by molar-refractivity contribution is 5.77. The summed E-state index contributed by atoms with van der Waals surface area (Å²) in [5, 5.41) is 10.8. The Morgan fingerprint density at radius 1 is 1.00 bits per heavy atom. The fourth-order valence-electron chi connectivity index (χ4n) is 4.39. The molecule has 1 aliphatic rings. The topological polar surface area (TPSA) is 108 Å². The number of anilines is 1. The predicted octanol–water partition coefficient (Wildman–Crippen LogP) is 3.68. The second kappa shape index (κ2) is 9.62. The minimum Gasteiger partial charge on any atom is -0.471 e. The van der Waals surface area contributed by atoms with Crippen LogP contribution in [0.15, 0.2) is 79.1 Å². The third-order valence-electron chi connectivity index (χ3n) is 6.20. The van der Waals surface area contributed by atoms with E-state index in [2.05, 4.69) is 21.5 Å². The Morgan fingerprint density at radius 2 is 1.68 bits per heavy atom. The van der Waals surface area contributed by atoms with Crippen molar-refractivity contribution in [1.29, 1.82) is 0 Å². The highest BCUT2D eigenvalue weighted by atomic mass is 16.5. The molecule has 1 aliphatic carbocycles. The number of aliphatic hydroxyl groups is 1. The maximum absolute atomic E-state index is 10.8. The van der Waals surface area contributed by atoms with Crippen LogP contribution in [0.4, 0.5) is 5.95 Å². The number of hydrogen-bond acceptors (Lipinski definition) is 7. The van der Waals surface area contributed by atoms with Crippen LogP contribution in [0.5, 0.6) is 5.88 Å². The van der Waals surface area contributed by atoms with Crippen LogP contribution in [-0.4, -0.2) is 37.3 Å². The fraction of sp³-hybridized carbons (Fsp3) is 0.269. The Morgan fingerprint density at radius 3 is 2.38 bits per heavy atom. The number of ether oxygens (including phenoxy) is 2. The molecule has 3 N–H and O–H groups in total. The van der Waals surface area contributed by atoms with E-state index in [-0.39, 0.29) is 17.9 Å². The van der Waals surface area contributed by atoms with Crippen LogP contribution in [0.1, 0.15) is 23.6 Å². The summed E-state index contributed by atoms with van der Waals surface area (Å²) in [5.41, 5.74) is 10.1. The highest BCUT2D eigenvalue weighted by Crippen LogP contribution is 2.41. The Balaban J connectivity index is 1.32. The first-order valence-electron chi connectivity index (χ1n) is 11.3. The average molecular weight is 458 g/mol. The third kappa shape index (κ3) is 4.50. The molecule has 5 rings (SSSR count). The van der Waals surface area contributed by atoms with Gasteiger partial charge in [-0.25, -0.2) is 4.98 Å². The zero-order valence-electron chi connectivity index (χ0n) is 18.7. The van der Waals surface area contributed by atoms with E-state index in [1.54, 1.807) is 6.33 Å². The van der Waals surface area contributed by atoms with Crippen LogP contribution in [0.25, 0.3) is 11.2 Å². The van der Waals surface area contributed by atoms with E-state index in [1.807, 2.05) is 65.2 Å². The first kappa shape index (κ1) is 22.1. The van der Waals surface area contributed by atoms with Crippen molar-refractivity contribution in [3.8, 4) is 5.88 Å². The van der Waals surface area contributed by atoms with Crippen LogP contribution in [0, 0.1) is 5.92 Å². The Bertz CT molecular complexity index is 1280. The van der Waals surface area contributed by atoms with Gasteiger partial charge in [0.1, 0.15) is 6.61 Å². The molecule has 0 aliphatic heterocycles. The summed E-state index contributed by atoms with van der Waals surface area (Å²) in [6.07, 6.45) is 1.61. The number of aliphatic hydroxyl groups excluding tert-OH is 1. The molecule has 3 unspecified atom stereocenters. The van der Waals surface area contributed by atoms with Crippen LogP contribution >= 0.6 is 0 Å². The largest absolute Gasteiger partial charge is 0.471 e. The molecule has 174 valence electrons. The lowest BCUT2D eigenvalue weighted by molar-refractivity contribution is 0.0472. The third-order valence-corrected chi connectivity index (χ3v) is 6.20. The number of nitrogens with two attached hydrogens (primary N) is 1. The van der Waals surface area contributed by atoms with Crippen molar-refractivity contribution in [2.24, 2.45) is 5.92 Å². The summed E-state index contributed by atoms with van der Waals surface area (Å²) in [6, 6.07) is 19.6. The van der Waals surface area contributed by atoms with E-state index >= 15 is 0 Å². The van der Waals surface area contributed by atoms with E-state index in [1.165, 1.54) is 0 Å². The Kier molecular flexibility index (Phi) is 6.24. The smallest absolute Gasteiger partial charge is 0.247 e. The van der Waals surface area contributed by atoms with E-state index < -0.39 is 6.10 Å². The maximum Gasteiger partial charge on any atom is 0.247 e. The maximum atomic E-state index is 10.8. The van der Waals surface area contributed by atoms with E-state index in [9.17, 15) is 5.11 Å². The molecule has 2 aromatic carbocycles. The summed E-state index contributed by atoms with van der Waals surface area (Å²) in [5.74, 6) is 0.250. The summed E-state index contributed by atoms with van der Waals surface area (Å²) < 4.78 is 13.7. The number of nitrogen functional groups attached to an aromatic ring is 1. The van der Waals surface area contributed by atoms with Gasteiger partial charge in [-0.3, -0.25) is 0 Å². The van der Waals surface area contributed by atoms with Crippen LogP contribution < -0.4 is 10.5 Å². The average Bonchev–Trinajstić information content (AvgIpc) is 3.39. The van der Waals surface area contributed by atoms with Crippen molar-refractivity contribution < 1.29 is 14.6 Å². The van der Waals surface area contributed by atoms with Gasteiger partial charge in [-0.05, 0) is 23.1 Å². The van der Waals surface area contributed by atoms with Crippen molar-refractivity contribution in [2.75, 3.05) is 12.3 Å². The summed E-state index contributed by atoms with van der Waals surface area (Å²) >= 11 is 0. The standard InChI is InChI=1S/C26H27N5O3/c1-17-20(15-33-13-18-8-4-2-5-9-18)22(32)12-21(17)31-16-28-23-24(31)29-26(27)30-25(23)34-14-19-10-6-3-7-11-19/h2-11,16,20-22,32H,1,12-15H2,(H2,27,29,30). The number of fused-ring (bicyclic) bond motifs is 1. The molecule has 0 saturated heterocycles. The van der Waals surface area contributed by atoms with E-state index in [4.69, 9.17) is 15.2 Å². The highest BCUT2D eigenvalue weighted by Gasteiger charge is 2.38. The zero-order valence-corrected chi connectivity index (χ0v) is 18.7. The number of aromatic nitrogens is 4. The van der Waals surface area contributed by atoms with Crippen LogP contribution in [0.2, 0.25) is 0 Å². The number of nitrogens with zero attached hydrogens (tertiary/aromatic N) is 4. The minimum absolute atomic E-state index is 0.101. The van der Waals surface area contributed by atoms with Gasteiger partial charge in [-0.15, -0.1) is 0 Å². The molecule has 0 radical (unpaired) electrons. The molecule has 3 atom stereocenters. The Labute approximate surface area is 197 Å². The van der Waals surface area contributed by atoms with Crippen molar-refractivity contribution in [3.05, 3.63) is 90.3 Å². The summed E-state index contributed by atoms with van der Waals surface area (Å²) in [6.45, 7) is 5.50. The molecule has 1 saturated carbocycles. The monoisotopic (exact) mass is 457 g/mol. The summed E-state index contributed by atoms with van der Waals surface area (Å²) in [7, 11) is 0. The minimum atomic E-state index is -0.571. The number of benzene rings is 2. The SMILES string of the molecule is C=C1C(COCc2ccccc2)C(O)CC1n1cnc2c(OCc3ccccc3)nc(N)nc21. The molecule has 0 bridgehead atoms. The van der Waals surface area contributed by atoms with Gasteiger partial charge in [0, 0.05) is 5.92 Å². The lowest BCUT2D eigenvalue weighted by atomic mass is 10.0. The molecular formula is C26H27N5O3. The summed E-state index contributed by atoms with van der Waals surface area (Å²) in [4.78, 5) is 13.2. The van der Waals surface area contributed by atoms with Crippen molar-refractivity contribution in [1.82, 2.24) is 19.5 Å². The second-order valence-electron chi connectivity index (χ2n) is 8.49. The first-order valence-corrected chi connectivity index (χ1v) is 11.3. The number of hydrogen-bond donors (Lipinski definition) is 2. The molecule has 34 heavy (non-hydrogen) atoms. The van der Waals surface area contributed by atoms with Crippen molar-refractivity contribution in [2.45, 2.75) is 31.8 Å². The molecular weight excluding hydrogens is 430 g/mol. The zero-order chi connectivity index (χ0) is 23.5. The van der Waals surface area contributed by atoms with Gasteiger partial charge in [0.15, 0.2) is 11.2 Å². The molecule has 1 fully saturated rings. The van der Waals surface area contributed by atoms with Crippen molar-refractivity contribution >= 4 is 17.1 Å². The van der Waals surface area contributed by atoms with Crippen molar-refractivity contribution in [3.63, 3.8) is 0 Å². The van der Waals surface area contributed by atoms with E-state index in [0.717, 1.165) is 16.7 Å². The van der Waals surface area contributed by atoms with Gasteiger partial charge < -0.3 is 24.9 Å². The van der Waals surface area contributed by atoms with Crippen LogP contribution in [0.3, 0.4) is 0 Å². The van der Waals surface area contributed by atoms with Gasteiger partial charge in [-0.2, -0.15) is 9.97 Å². The molecule has 4 aromatic rings. The van der Waals surface area contributed by atoms with E-state index in [0.29, 0.717) is 43.3 Å². The van der Waals surface area contributed by atoms with Crippen LogP contribution in [-0.2, 0) is 18.0 Å². The number of imidazole rings is 1. The van der Waals surface area contributed by atoms with Gasteiger partial charge in [0.2, 0.25) is 11.8 Å². The Hall–Kier alpha value is -3.75. The fourth-order valence-corrected chi connectivity index (χ4v) is 4.39. The normalized spacial score (nSPS) is 20.1. The lowest BCUT2D eigenvalue weighted by Gasteiger charge is -2.18. The molecule has 8 heteroatoms. The van der Waals surface area contributed by atoms with Gasteiger partial charge in [0.05, 0.1) is 31.7 Å². The first-order chi connectivity index (χ1) is 16.6. The van der Waals surface area contributed by atoms with Gasteiger partial charge >= 0.3 is 0 Å². The van der Waals surface area contributed by atoms with Gasteiger partial charge in [0.25, 0.3) is 0 Å². The number of rotatable bonds is 8. The molecule has 2 aromatic heterocycles. The molecule has 0 spiro atoms. The molecule has 0 amide bonds.